The summed E-state index contributed by atoms with van der Waals surface area (Å²) in [5, 5.41) is 5.77. The van der Waals surface area contributed by atoms with E-state index in [4.69, 9.17) is 15.2 Å². The number of nitrogens with two attached hydrogens (primary N) is 1. The van der Waals surface area contributed by atoms with Gasteiger partial charge >= 0.3 is 0 Å². The highest BCUT2D eigenvalue weighted by molar-refractivity contribution is 5.97. The Hall–Kier alpha value is -3.49. The molecule has 3 amide bonds. The second-order valence-electron chi connectivity index (χ2n) is 8.58. The van der Waals surface area contributed by atoms with E-state index >= 15 is 0 Å². The lowest BCUT2D eigenvalue weighted by atomic mass is 9.84. The fourth-order valence-corrected chi connectivity index (χ4v) is 4.64. The number of dihydropyridines is 1. The van der Waals surface area contributed by atoms with E-state index < -0.39 is 11.4 Å². The first kappa shape index (κ1) is 25.1. The number of hydrogen-bond donors (Lipinski definition) is 3. The van der Waals surface area contributed by atoms with Crippen molar-refractivity contribution in [3.63, 3.8) is 0 Å². The van der Waals surface area contributed by atoms with Gasteiger partial charge in [0, 0.05) is 44.6 Å². The lowest BCUT2D eigenvalue weighted by molar-refractivity contribution is -0.131. The number of carbonyl (C=O) groups is 3. The number of nitrogens with zero attached hydrogens (tertiary/aromatic N) is 1. The third-order valence-corrected chi connectivity index (χ3v) is 6.41. The van der Waals surface area contributed by atoms with Crippen LogP contribution in [-0.2, 0) is 14.4 Å². The van der Waals surface area contributed by atoms with Gasteiger partial charge in [0.25, 0.3) is 5.91 Å². The van der Waals surface area contributed by atoms with Gasteiger partial charge in [0.1, 0.15) is 5.54 Å². The number of ether oxygens (including phenoxy) is 2. The summed E-state index contributed by atoms with van der Waals surface area (Å²) in [6.45, 7) is 6.81. The van der Waals surface area contributed by atoms with Crippen molar-refractivity contribution < 1.29 is 23.9 Å². The van der Waals surface area contributed by atoms with Gasteiger partial charge in [-0.25, -0.2) is 0 Å². The number of benzene rings is 1. The van der Waals surface area contributed by atoms with Gasteiger partial charge in [-0.05, 0) is 50.1 Å². The molecule has 0 bridgehead atoms. The maximum absolute atomic E-state index is 12.5. The lowest BCUT2D eigenvalue weighted by Crippen LogP contribution is -2.56. The quantitative estimate of drug-likeness (QED) is 0.504. The number of primary amides is 1. The summed E-state index contributed by atoms with van der Waals surface area (Å²) < 4.78 is 11.1. The van der Waals surface area contributed by atoms with Crippen molar-refractivity contribution in [3.05, 3.63) is 47.7 Å². The van der Waals surface area contributed by atoms with Crippen molar-refractivity contribution in [1.29, 1.82) is 0 Å². The zero-order chi connectivity index (χ0) is 24.9. The maximum Gasteiger partial charge on any atom is 0.252 e. The van der Waals surface area contributed by atoms with Crippen LogP contribution in [0.15, 0.2) is 42.1 Å². The molecule has 9 nitrogen and oxygen atoms in total. The number of carbonyl (C=O) groups excluding carboxylic acids is 3. The average molecular weight is 471 g/mol. The molecule has 1 aromatic rings. The Morgan fingerprint density at radius 1 is 1.26 bits per heavy atom. The Balaban J connectivity index is 1.83. The fraction of sp³-hybridized carbons (Fsp3) is 0.480. The lowest BCUT2D eigenvalue weighted by Gasteiger charge is -2.35. The van der Waals surface area contributed by atoms with Crippen molar-refractivity contribution in [2.24, 2.45) is 5.73 Å². The molecular weight excluding hydrogens is 436 g/mol. The molecule has 4 N–H and O–H groups in total. The van der Waals surface area contributed by atoms with Crippen molar-refractivity contribution in [2.75, 3.05) is 26.8 Å². The standard InChI is InChI=1S/C25H34N4O5/c1-5-27-23(31)18-9-10-25(24(26)32,28-14-18)13-20-11-19(15-29(20)16(3)30)17-7-8-21(33-4)22(12-17)34-6-2/h7-10,12,14,19-20,28H,5-6,11,13,15H2,1-4H3,(H2,26,32)(H,27,31)/t19-,20-,25?/m1/s1. The van der Waals surface area contributed by atoms with Crippen LogP contribution in [0, 0.1) is 0 Å². The van der Waals surface area contributed by atoms with Gasteiger partial charge in [-0.2, -0.15) is 0 Å². The third-order valence-electron chi connectivity index (χ3n) is 6.41. The molecule has 0 spiro atoms. The minimum Gasteiger partial charge on any atom is -0.493 e. The second-order valence-corrected chi connectivity index (χ2v) is 8.58. The number of likely N-dealkylation sites (tertiary alicyclic amines) is 1. The Bertz CT molecular complexity index is 1010. The molecule has 0 saturated carbocycles. The highest BCUT2D eigenvalue weighted by atomic mass is 16.5. The van der Waals surface area contributed by atoms with Crippen LogP contribution in [0.1, 0.15) is 45.1 Å². The van der Waals surface area contributed by atoms with E-state index in [1.54, 1.807) is 24.2 Å². The Morgan fingerprint density at radius 3 is 2.59 bits per heavy atom. The van der Waals surface area contributed by atoms with E-state index in [0.29, 0.717) is 49.6 Å². The SMILES string of the molecule is CCNC(=O)C1=CNC(C[C@H]2C[C@@H](c3ccc(OC)c(OCC)c3)CN2C(C)=O)(C(N)=O)C=C1. The van der Waals surface area contributed by atoms with Crippen LogP contribution in [0.4, 0.5) is 0 Å². The summed E-state index contributed by atoms with van der Waals surface area (Å²) in [6.07, 6.45) is 5.70. The predicted octanol–water partition coefficient (Wildman–Crippen LogP) is 1.59. The molecule has 2 heterocycles. The molecule has 0 radical (unpaired) electrons. The smallest absolute Gasteiger partial charge is 0.252 e. The van der Waals surface area contributed by atoms with Gasteiger partial charge in [-0.1, -0.05) is 6.07 Å². The molecule has 3 atom stereocenters. The van der Waals surface area contributed by atoms with Crippen LogP contribution in [0.5, 0.6) is 11.5 Å². The molecule has 1 fully saturated rings. The van der Waals surface area contributed by atoms with Gasteiger partial charge in [0.05, 0.1) is 19.3 Å². The average Bonchev–Trinajstić information content (AvgIpc) is 3.23. The molecule has 1 saturated heterocycles. The normalized spacial score (nSPS) is 23.6. The predicted molar refractivity (Wildman–Crippen MR) is 128 cm³/mol. The van der Waals surface area contributed by atoms with Crippen LogP contribution in [-0.4, -0.2) is 61.0 Å². The van der Waals surface area contributed by atoms with Crippen LogP contribution >= 0.6 is 0 Å². The molecule has 1 aromatic carbocycles. The minimum absolute atomic E-state index is 0.0657. The highest BCUT2D eigenvalue weighted by Gasteiger charge is 2.43. The number of hydrogen-bond acceptors (Lipinski definition) is 6. The number of likely N-dealkylation sites (N-methyl/N-ethyl adjacent to an activating group) is 1. The summed E-state index contributed by atoms with van der Waals surface area (Å²) in [5.74, 6) is 0.517. The van der Waals surface area contributed by atoms with Crippen LogP contribution < -0.4 is 25.8 Å². The van der Waals surface area contributed by atoms with E-state index in [0.717, 1.165) is 5.56 Å². The summed E-state index contributed by atoms with van der Waals surface area (Å²) in [7, 11) is 1.60. The largest absolute Gasteiger partial charge is 0.493 e. The molecule has 2 aliphatic heterocycles. The van der Waals surface area contributed by atoms with Gasteiger partial charge < -0.3 is 30.7 Å². The number of rotatable bonds is 9. The monoisotopic (exact) mass is 470 g/mol. The van der Waals surface area contributed by atoms with Gasteiger partial charge in [-0.15, -0.1) is 0 Å². The molecule has 3 rings (SSSR count). The third kappa shape index (κ3) is 5.18. The Morgan fingerprint density at radius 2 is 2.03 bits per heavy atom. The Labute approximate surface area is 200 Å². The van der Waals surface area contributed by atoms with Crippen molar-refractivity contribution in [2.45, 2.75) is 51.1 Å². The second kappa shape index (κ2) is 10.6. The van der Waals surface area contributed by atoms with Crippen LogP contribution in [0.3, 0.4) is 0 Å². The minimum atomic E-state index is -1.19. The topological polar surface area (TPSA) is 123 Å². The van der Waals surface area contributed by atoms with Crippen LogP contribution in [0.25, 0.3) is 0 Å². The number of nitrogens with one attached hydrogen (secondary N) is 2. The van der Waals surface area contributed by atoms with E-state index in [1.165, 1.54) is 13.1 Å². The molecule has 0 aliphatic carbocycles. The van der Waals surface area contributed by atoms with E-state index in [9.17, 15) is 14.4 Å². The summed E-state index contributed by atoms with van der Waals surface area (Å²) in [5.41, 5.74) is 6.05. The van der Waals surface area contributed by atoms with E-state index in [1.807, 2.05) is 32.0 Å². The first-order valence-corrected chi connectivity index (χ1v) is 11.6. The van der Waals surface area contributed by atoms with Crippen LogP contribution in [0.2, 0.25) is 0 Å². The summed E-state index contributed by atoms with van der Waals surface area (Å²) >= 11 is 0. The molecule has 1 unspecified atom stereocenters. The Kier molecular flexibility index (Phi) is 7.86. The zero-order valence-electron chi connectivity index (χ0n) is 20.2. The zero-order valence-corrected chi connectivity index (χ0v) is 20.2. The molecule has 2 aliphatic rings. The number of methoxy groups -OCH3 is 1. The maximum atomic E-state index is 12.5. The molecule has 0 aromatic heterocycles. The van der Waals surface area contributed by atoms with Crippen molar-refractivity contribution in [1.82, 2.24) is 15.5 Å². The van der Waals surface area contributed by atoms with Gasteiger partial charge in [0.2, 0.25) is 11.8 Å². The molecule has 9 heteroatoms. The summed E-state index contributed by atoms with van der Waals surface area (Å²) in [6, 6.07) is 5.59. The summed E-state index contributed by atoms with van der Waals surface area (Å²) in [4.78, 5) is 38.9. The number of amides is 3. The van der Waals surface area contributed by atoms with Crippen molar-refractivity contribution in [3.8, 4) is 11.5 Å². The van der Waals surface area contributed by atoms with Gasteiger partial charge in [-0.3, -0.25) is 14.4 Å². The molecule has 34 heavy (non-hydrogen) atoms. The first-order chi connectivity index (χ1) is 16.2. The highest BCUT2D eigenvalue weighted by Crippen LogP contribution is 2.39. The molecule has 184 valence electrons. The van der Waals surface area contributed by atoms with E-state index in [2.05, 4.69) is 10.6 Å². The van der Waals surface area contributed by atoms with Crippen molar-refractivity contribution >= 4 is 17.7 Å². The molecular formula is C25H34N4O5. The van der Waals surface area contributed by atoms with E-state index in [-0.39, 0.29) is 23.8 Å². The fourth-order valence-electron chi connectivity index (χ4n) is 4.64. The van der Waals surface area contributed by atoms with Gasteiger partial charge in [0.15, 0.2) is 11.5 Å². The first-order valence-electron chi connectivity index (χ1n) is 11.6.